The summed E-state index contributed by atoms with van der Waals surface area (Å²) in [4.78, 5) is 37.5. The topological polar surface area (TPSA) is 87.7 Å². The minimum absolute atomic E-state index is 0.0117. The summed E-state index contributed by atoms with van der Waals surface area (Å²) in [5.74, 6) is -0.0374. The van der Waals surface area contributed by atoms with Crippen molar-refractivity contribution in [2.45, 2.75) is 6.92 Å². The predicted molar refractivity (Wildman–Crippen MR) is 104 cm³/mol. The lowest BCUT2D eigenvalue weighted by molar-refractivity contribution is -0.119. The van der Waals surface area contributed by atoms with Crippen LogP contribution in [0.2, 0.25) is 0 Å². The zero-order valence-corrected chi connectivity index (χ0v) is 15.6. The first-order valence-corrected chi connectivity index (χ1v) is 8.41. The third-order valence-electron chi connectivity index (χ3n) is 3.76. The van der Waals surface area contributed by atoms with Crippen molar-refractivity contribution in [2.24, 2.45) is 0 Å². The number of Topliss-reactive ketones (excluding diaryl/α,β-unsaturated/α-hetero) is 1. The summed E-state index contributed by atoms with van der Waals surface area (Å²) in [6.45, 7) is 1.50. The lowest BCUT2D eigenvalue weighted by Crippen LogP contribution is -2.36. The molecule has 2 amide bonds. The third-order valence-corrected chi connectivity index (χ3v) is 3.76. The number of amides is 2. The molecule has 0 aliphatic heterocycles. The van der Waals surface area contributed by atoms with Crippen LogP contribution in [0.4, 0.5) is 11.4 Å². The van der Waals surface area contributed by atoms with Crippen LogP contribution in [0.25, 0.3) is 0 Å². The number of nitrogens with one attached hydrogen (secondary N) is 2. The van der Waals surface area contributed by atoms with Crippen LogP contribution >= 0.6 is 0 Å². The predicted octanol–water partition coefficient (Wildman–Crippen LogP) is 2.41. The molecule has 0 spiro atoms. The van der Waals surface area contributed by atoms with Gasteiger partial charge in [-0.15, -0.1) is 0 Å². The minimum atomic E-state index is -0.305. The molecule has 0 fully saturated rings. The Kier molecular flexibility index (Phi) is 7.08. The average Bonchev–Trinajstić information content (AvgIpc) is 2.61. The van der Waals surface area contributed by atoms with Crippen LogP contribution in [0.1, 0.15) is 17.3 Å². The van der Waals surface area contributed by atoms with E-state index in [1.165, 1.54) is 6.92 Å². The van der Waals surface area contributed by atoms with E-state index in [4.69, 9.17) is 4.74 Å². The lowest BCUT2D eigenvalue weighted by Gasteiger charge is -2.17. The van der Waals surface area contributed by atoms with Gasteiger partial charge in [0.1, 0.15) is 5.75 Å². The van der Waals surface area contributed by atoms with Gasteiger partial charge in [-0.05, 0) is 38.2 Å². The van der Waals surface area contributed by atoms with Gasteiger partial charge in [-0.3, -0.25) is 19.3 Å². The zero-order chi connectivity index (χ0) is 19.8. The second-order valence-electron chi connectivity index (χ2n) is 6.10. The summed E-state index contributed by atoms with van der Waals surface area (Å²) in [6, 6.07) is 13.8. The Morgan fingerprint density at radius 1 is 0.963 bits per heavy atom. The second-order valence-corrected chi connectivity index (χ2v) is 6.10. The number of likely N-dealkylation sites (N-methyl/N-ethyl adjacent to an activating group) is 1. The fraction of sp³-hybridized carbons (Fsp3) is 0.250. The van der Waals surface area contributed by atoms with Crippen molar-refractivity contribution in [1.82, 2.24) is 4.90 Å². The van der Waals surface area contributed by atoms with Crippen molar-refractivity contribution in [3.05, 3.63) is 54.1 Å². The number of ether oxygens (including phenoxy) is 1. The Morgan fingerprint density at radius 2 is 1.63 bits per heavy atom. The van der Waals surface area contributed by atoms with E-state index in [-0.39, 0.29) is 30.7 Å². The molecule has 27 heavy (non-hydrogen) atoms. The molecule has 0 bridgehead atoms. The first-order valence-electron chi connectivity index (χ1n) is 8.41. The van der Waals surface area contributed by atoms with Gasteiger partial charge < -0.3 is 15.4 Å². The van der Waals surface area contributed by atoms with Crippen LogP contribution in [0.5, 0.6) is 5.75 Å². The molecule has 0 aliphatic carbocycles. The highest BCUT2D eigenvalue weighted by Gasteiger charge is 2.13. The first-order chi connectivity index (χ1) is 12.9. The van der Waals surface area contributed by atoms with E-state index in [2.05, 4.69) is 10.6 Å². The highest BCUT2D eigenvalue weighted by atomic mass is 16.5. The number of benzene rings is 2. The number of hydrogen-bond acceptors (Lipinski definition) is 5. The zero-order valence-electron chi connectivity index (χ0n) is 15.6. The van der Waals surface area contributed by atoms with Crippen molar-refractivity contribution in [3.8, 4) is 5.75 Å². The second kappa shape index (κ2) is 9.49. The number of methoxy groups -OCH3 is 1. The maximum atomic E-state index is 12.2. The summed E-state index contributed by atoms with van der Waals surface area (Å²) in [7, 11) is 3.22. The summed E-state index contributed by atoms with van der Waals surface area (Å²) in [5.41, 5.74) is 1.53. The number of hydrogen-bond donors (Lipinski definition) is 2. The van der Waals surface area contributed by atoms with E-state index in [9.17, 15) is 14.4 Å². The summed E-state index contributed by atoms with van der Waals surface area (Å²) in [5, 5.41) is 5.47. The molecule has 2 rings (SSSR count). The number of para-hydroxylation sites is 1. The highest BCUT2D eigenvalue weighted by Crippen LogP contribution is 2.17. The molecule has 2 aromatic carbocycles. The fourth-order valence-corrected chi connectivity index (χ4v) is 2.54. The lowest BCUT2D eigenvalue weighted by atomic mass is 10.1. The fourth-order valence-electron chi connectivity index (χ4n) is 2.54. The molecule has 2 aromatic rings. The van der Waals surface area contributed by atoms with Gasteiger partial charge in [-0.2, -0.15) is 0 Å². The molecule has 7 heteroatoms. The van der Waals surface area contributed by atoms with Crippen LogP contribution in [0.15, 0.2) is 48.5 Å². The van der Waals surface area contributed by atoms with Crippen molar-refractivity contribution < 1.29 is 19.1 Å². The van der Waals surface area contributed by atoms with Gasteiger partial charge in [-0.1, -0.05) is 18.2 Å². The highest BCUT2D eigenvalue weighted by molar-refractivity contribution is 6.04. The van der Waals surface area contributed by atoms with Crippen LogP contribution < -0.4 is 15.4 Å². The maximum Gasteiger partial charge on any atom is 0.238 e. The van der Waals surface area contributed by atoms with Gasteiger partial charge in [-0.25, -0.2) is 0 Å². The van der Waals surface area contributed by atoms with E-state index in [0.29, 0.717) is 22.7 Å². The van der Waals surface area contributed by atoms with Gasteiger partial charge in [0.2, 0.25) is 11.8 Å². The molecular weight excluding hydrogens is 346 g/mol. The normalized spacial score (nSPS) is 10.4. The van der Waals surface area contributed by atoms with Crippen LogP contribution in [-0.4, -0.2) is 49.7 Å². The Labute approximate surface area is 158 Å². The van der Waals surface area contributed by atoms with Gasteiger partial charge in [0, 0.05) is 17.3 Å². The van der Waals surface area contributed by atoms with Gasteiger partial charge >= 0.3 is 0 Å². The molecule has 2 N–H and O–H groups in total. The monoisotopic (exact) mass is 369 g/mol. The molecule has 0 aromatic heterocycles. The standard InChI is InChI=1S/C20H23N3O4/c1-14(24)17-9-4-5-10-18(17)22-20(26)13-23(2)12-19(25)21-15-7-6-8-16(11-15)27-3/h4-11H,12-13H2,1-3H3,(H,21,25)(H,22,26). The molecule has 7 nitrogen and oxygen atoms in total. The van der Waals surface area contributed by atoms with E-state index < -0.39 is 0 Å². The van der Waals surface area contributed by atoms with Crippen molar-refractivity contribution in [3.63, 3.8) is 0 Å². The maximum absolute atomic E-state index is 12.2. The molecule has 0 aliphatic rings. The molecule has 0 saturated heterocycles. The Balaban J connectivity index is 1.87. The van der Waals surface area contributed by atoms with E-state index in [1.807, 2.05) is 0 Å². The Morgan fingerprint density at radius 3 is 2.30 bits per heavy atom. The molecule has 0 radical (unpaired) electrons. The summed E-state index contributed by atoms with van der Waals surface area (Å²) < 4.78 is 5.11. The summed E-state index contributed by atoms with van der Waals surface area (Å²) in [6.07, 6.45) is 0. The van der Waals surface area contributed by atoms with E-state index in [0.717, 1.165) is 0 Å². The minimum Gasteiger partial charge on any atom is -0.497 e. The first kappa shape index (κ1) is 20.1. The smallest absolute Gasteiger partial charge is 0.238 e. The van der Waals surface area contributed by atoms with Crippen molar-refractivity contribution in [1.29, 1.82) is 0 Å². The number of carbonyl (C=O) groups is 3. The number of nitrogens with zero attached hydrogens (tertiary/aromatic N) is 1. The van der Waals surface area contributed by atoms with Crippen molar-refractivity contribution in [2.75, 3.05) is 37.9 Å². The van der Waals surface area contributed by atoms with Crippen LogP contribution in [0.3, 0.4) is 0 Å². The SMILES string of the molecule is COc1cccc(NC(=O)CN(C)CC(=O)Nc2ccccc2C(C)=O)c1. The molecule has 142 valence electrons. The Hall–Kier alpha value is -3.19. The molecule has 0 unspecified atom stereocenters. The van der Waals surface area contributed by atoms with Gasteiger partial charge in [0.15, 0.2) is 5.78 Å². The average molecular weight is 369 g/mol. The number of ketones is 1. The molecule has 0 atom stereocenters. The summed E-state index contributed by atoms with van der Waals surface area (Å²) >= 11 is 0. The molecule has 0 saturated carbocycles. The molecule has 0 heterocycles. The Bertz CT molecular complexity index is 835. The van der Waals surface area contributed by atoms with Crippen molar-refractivity contribution >= 4 is 29.0 Å². The van der Waals surface area contributed by atoms with Crippen LogP contribution in [-0.2, 0) is 9.59 Å². The number of anilines is 2. The number of carbonyl (C=O) groups excluding carboxylic acids is 3. The molecular formula is C20H23N3O4. The van der Waals surface area contributed by atoms with E-state index >= 15 is 0 Å². The van der Waals surface area contributed by atoms with Gasteiger partial charge in [0.05, 0.1) is 25.9 Å². The quantitative estimate of drug-likeness (QED) is 0.698. The van der Waals surface area contributed by atoms with Gasteiger partial charge in [0.25, 0.3) is 0 Å². The van der Waals surface area contributed by atoms with Crippen LogP contribution in [0, 0.1) is 0 Å². The number of rotatable bonds is 8. The van der Waals surface area contributed by atoms with E-state index in [1.54, 1.807) is 67.6 Å². The largest absolute Gasteiger partial charge is 0.497 e. The third kappa shape index (κ3) is 6.23.